The monoisotopic (exact) mass is 267 g/mol. The molecule has 2 aliphatic rings. The molecule has 0 aliphatic heterocycles. The van der Waals surface area contributed by atoms with Gasteiger partial charge in [-0.15, -0.1) is 0 Å². The van der Waals surface area contributed by atoms with Crippen molar-refractivity contribution in [3.05, 3.63) is 0 Å². The molecule has 108 valence electrons. The van der Waals surface area contributed by atoms with Crippen LogP contribution in [0.1, 0.15) is 64.7 Å². The number of carboxylic acids is 1. The first kappa shape index (κ1) is 14.4. The molecule has 1 amide bonds. The van der Waals surface area contributed by atoms with E-state index in [0.717, 1.165) is 32.1 Å². The van der Waals surface area contributed by atoms with Crippen LogP contribution in [0.4, 0.5) is 0 Å². The summed E-state index contributed by atoms with van der Waals surface area (Å²) in [5, 5.41) is 12.3. The summed E-state index contributed by atoms with van der Waals surface area (Å²) in [6, 6.07) is 0. The minimum absolute atomic E-state index is 0.0675. The molecule has 2 aliphatic carbocycles. The van der Waals surface area contributed by atoms with Gasteiger partial charge in [0.2, 0.25) is 5.91 Å². The Morgan fingerprint density at radius 2 is 1.79 bits per heavy atom. The van der Waals surface area contributed by atoms with Crippen LogP contribution >= 0.6 is 0 Å². The van der Waals surface area contributed by atoms with E-state index in [1.807, 2.05) is 0 Å². The molecule has 4 nitrogen and oxygen atoms in total. The summed E-state index contributed by atoms with van der Waals surface area (Å²) in [4.78, 5) is 23.6. The highest BCUT2D eigenvalue weighted by Gasteiger charge is 2.43. The van der Waals surface area contributed by atoms with E-state index < -0.39 is 11.5 Å². The van der Waals surface area contributed by atoms with Crippen molar-refractivity contribution in [1.29, 1.82) is 0 Å². The van der Waals surface area contributed by atoms with E-state index in [1.54, 1.807) is 0 Å². The van der Waals surface area contributed by atoms with Gasteiger partial charge in [-0.2, -0.15) is 0 Å². The molecule has 19 heavy (non-hydrogen) atoms. The molecule has 2 N–H and O–H groups in total. The highest BCUT2D eigenvalue weighted by molar-refractivity contribution is 5.87. The largest absolute Gasteiger partial charge is 0.480 e. The fraction of sp³-hybridized carbons (Fsp3) is 0.867. The number of carbonyl (C=O) groups is 2. The van der Waals surface area contributed by atoms with E-state index in [2.05, 4.69) is 12.2 Å². The lowest BCUT2D eigenvalue weighted by Gasteiger charge is -2.38. The molecule has 4 heteroatoms. The lowest BCUT2D eigenvalue weighted by molar-refractivity contribution is -0.150. The molecule has 2 rings (SSSR count). The number of amides is 1. The molecule has 0 radical (unpaired) electrons. The quantitative estimate of drug-likeness (QED) is 0.805. The second kappa shape index (κ2) is 5.93. The van der Waals surface area contributed by atoms with Crippen LogP contribution in [-0.4, -0.2) is 22.5 Å². The molecule has 0 aromatic carbocycles. The van der Waals surface area contributed by atoms with Gasteiger partial charge in [-0.3, -0.25) is 4.79 Å². The summed E-state index contributed by atoms with van der Waals surface area (Å²) >= 11 is 0. The minimum Gasteiger partial charge on any atom is -0.480 e. The van der Waals surface area contributed by atoms with Crippen LogP contribution in [0.2, 0.25) is 0 Å². The van der Waals surface area contributed by atoms with Gasteiger partial charge in [0.25, 0.3) is 0 Å². The molecule has 0 heterocycles. The first-order chi connectivity index (χ1) is 9.05. The third kappa shape index (κ3) is 3.28. The summed E-state index contributed by atoms with van der Waals surface area (Å²) in [7, 11) is 0. The van der Waals surface area contributed by atoms with E-state index >= 15 is 0 Å². The number of hydrogen-bond donors (Lipinski definition) is 2. The van der Waals surface area contributed by atoms with Gasteiger partial charge in [0.15, 0.2) is 0 Å². The average molecular weight is 267 g/mol. The third-order valence-corrected chi connectivity index (χ3v) is 5.02. The van der Waals surface area contributed by atoms with Crippen molar-refractivity contribution in [2.24, 2.45) is 11.8 Å². The van der Waals surface area contributed by atoms with Gasteiger partial charge in [0, 0.05) is 6.42 Å². The minimum atomic E-state index is -0.994. The molecule has 0 spiro atoms. The molecule has 2 fully saturated rings. The summed E-state index contributed by atoms with van der Waals surface area (Å²) in [6.07, 6.45) is 8.03. The van der Waals surface area contributed by atoms with E-state index in [0.29, 0.717) is 31.1 Å². The zero-order valence-electron chi connectivity index (χ0n) is 11.8. The summed E-state index contributed by atoms with van der Waals surface area (Å²) < 4.78 is 0. The fourth-order valence-corrected chi connectivity index (χ4v) is 3.25. The van der Waals surface area contributed by atoms with Crippen LogP contribution in [0.15, 0.2) is 0 Å². The molecular formula is C15H25NO3. The van der Waals surface area contributed by atoms with Gasteiger partial charge >= 0.3 is 5.97 Å². The zero-order chi connectivity index (χ0) is 13.9. The predicted octanol–water partition coefficient (Wildman–Crippen LogP) is 2.72. The van der Waals surface area contributed by atoms with Crippen molar-refractivity contribution in [3.63, 3.8) is 0 Å². The standard InChI is InChI=1S/C15H25NO3/c1-2-11-6-8-15(9-7-11,14(18)19)16-13(17)10-12-4-3-5-12/h11-12H,2-10H2,1H3,(H,16,17)(H,18,19). The zero-order valence-corrected chi connectivity index (χ0v) is 11.8. The molecule has 0 aromatic heterocycles. The van der Waals surface area contributed by atoms with Crippen LogP contribution in [0.25, 0.3) is 0 Å². The average Bonchev–Trinajstić information content (AvgIpc) is 2.34. The summed E-state index contributed by atoms with van der Waals surface area (Å²) in [6.45, 7) is 2.15. The lowest BCUT2D eigenvalue weighted by Crippen LogP contribution is -2.56. The van der Waals surface area contributed by atoms with Crippen LogP contribution in [0, 0.1) is 11.8 Å². The smallest absolute Gasteiger partial charge is 0.329 e. The van der Waals surface area contributed by atoms with Crippen LogP contribution in [-0.2, 0) is 9.59 Å². The van der Waals surface area contributed by atoms with E-state index in [1.165, 1.54) is 6.42 Å². The van der Waals surface area contributed by atoms with Crippen LogP contribution in [0.5, 0.6) is 0 Å². The first-order valence-corrected chi connectivity index (χ1v) is 7.60. The number of carboxylic acid groups (broad SMARTS) is 1. The Labute approximate surface area is 115 Å². The van der Waals surface area contributed by atoms with E-state index in [9.17, 15) is 14.7 Å². The Bertz CT molecular complexity index is 341. The molecule has 0 unspecified atom stereocenters. The lowest BCUT2D eigenvalue weighted by atomic mass is 9.75. The predicted molar refractivity (Wildman–Crippen MR) is 72.7 cm³/mol. The van der Waals surface area contributed by atoms with Crippen molar-refractivity contribution in [2.75, 3.05) is 0 Å². The van der Waals surface area contributed by atoms with E-state index in [4.69, 9.17) is 0 Å². The molecule has 0 bridgehead atoms. The Morgan fingerprint density at radius 3 is 2.21 bits per heavy atom. The molecule has 0 saturated heterocycles. The van der Waals surface area contributed by atoms with Crippen LogP contribution in [0.3, 0.4) is 0 Å². The molecule has 0 atom stereocenters. The number of carbonyl (C=O) groups excluding carboxylic acids is 1. The van der Waals surface area contributed by atoms with Crippen LogP contribution < -0.4 is 5.32 Å². The Balaban J connectivity index is 1.91. The normalized spacial score (nSPS) is 31.5. The molecule has 0 aromatic rings. The summed E-state index contributed by atoms with van der Waals surface area (Å²) in [5.41, 5.74) is -0.994. The maximum absolute atomic E-state index is 12.0. The first-order valence-electron chi connectivity index (χ1n) is 7.60. The summed E-state index contributed by atoms with van der Waals surface area (Å²) in [5.74, 6) is 0.180. The number of rotatable bonds is 5. The molecule has 2 saturated carbocycles. The number of nitrogens with one attached hydrogen (secondary N) is 1. The maximum atomic E-state index is 12.0. The van der Waals surface area contributed by atoms with Gasteiger partial charge in [0.05, 0.1) is 0 Å². The van der Waals surface area contributed by atoms with Crippen molar-refractivity contribution in [1.82, 2.24) is 5.32 Å². The highest BCUT2D eigenvalue weighted by atomic mass is 16.4. The second-order valence-corrected chi connectivity index (χ2v) is 6.29. The molecular weight excluding hydrogens is 242 g/mol. The fourth-order valence-electron chi connectivity index (χ4n) is 3.25. The SMILES string of the molecule is CCC1CCC(NC(=O)CC2CCC2)(C(=O)O)CC1. The number of aliphatic carboxylic acids is 1. The Morgan fingerprint density at radius 1 is 1.16 bits per heavy atom. The van der Waals surface area contributed by atoms with Gasteiger partial charge in [-0.25, -0.2) is 4.79 Å². The number of hydrogen-bond acceptors (Lipinski definition) is 2. The van der Waals surface area contributed by atoms with Crippen molar-refractivity contribution >= 4 is 11.9 Å². The van der Waals surface area contributed by atoms with Crippen molar-refractivity contribution < 1.29 is 14.7 Å². The second-order valence-electron chi connectivity index (χ2n) is 6.29. The van der Waals surface area contributed by atoms with Gasteiger partial charge in [0.1, 0.15) is 5.54 Å². The Hall–Kier alpha value is -1.06. The van der Waals surface area contributed by atoms with Gasteiger partial charge < -0.3 is 10.4 Å². The van der Waals surface area contributed by atoms with E-state index in [-0.39, 0.29) is 5.91 Å². The van der Waals surface area contributed by atoms with Crippen molar-refractivity contribution in [3.8, 4) is 0 Å². The van der Waals surface area contributed by atoms with Gasteiger partial charge in [-0.05, 0) is 50.4 Å². The highest BCUT2D eigenvalue weighted by Crippen LogP contribution is 2.35. The Kier molecular flexibility index (Phi) is 4.48. The maximum Gasteiger partial charge on any atom is 0.329 e. The third-order valence-electron chi connectivity index (χ3n) is 5.02. The topological polar surface area (TPSA) is 66.4 Å². The van der Waals surface area contributed by atoms with Gasteiger partial charge in [-0.1, -0.05) is 19.8 Å². The van der Waals surface area contributed by atoms with Crippen molar-refractivity contribution in [2.45, 2.75) is 70.3 Å².